The molecule has 1 fully saturated rings. The van der Waals surface area contributed by atoms with Gasteiger partial charge in [-0.15, -0.1) is 0 Å². The fraction of sp³-hybridized carbons (Fsp3) is 0.293. The van der Waals surface area contributed by atoms with Crippen LogP contribution in [0.2, 0.25) is 5.02 Å². The summed E-state index contributed by atoms with van der Waals surface area (Å²) < 4.78 is 165. The number of aryl methyl sites for hydroxylation is 1. The molecular weight excluding hydrogens is 951 g/mol. The second-order valence-electron chi connectivity index (χ2n) is 15.9. The highest BCUT2D eigenvalue weighted by atomic mass is 35.5. The van der Waals surface area contributed by atoms with Crippen LogP contribution >= 0.6 is 11.6 Å². The van der Waals surface area contributed by atoms with Gasteiger partial charge in [0.2, 0.25) is 21.8 Å². The van der Waals surface area contributed by atoms with Gasteiger partial charge in [-0.3, -0.25) is 28.2 Å². The van der Waals surface area contributed by atoms with Gasteiger partial charge in [0.15, 0.2) is 17.3 Å². The molecule has 4 heterocycles. The minimum atomic E-state index is -4.96. The summed E-state index contributed by atoms with van der Waals surface area (Å²) in [5.41, 5.74) is -5.18. The monoisotopic (exact) mass is 980 g/mol. The first kappa shape index (κ1) is 45.4. The number of hydrogen-bond donors (Lipinski definition) is 2. The standard InChI is InChI=1S/C41H30ClF9N10O5S/c1-59-33-26(7-6-23(42)31(33)37(57-59)58-67(3,64)65)61-38(53-24-11-17(4-5-20(24)39(61)63)36-54-27(41(49,50)51)14-29(55-36)66-2)25(10-16-8-18(43)12-19(44)9-16)52-28(62)15-60-34-30(32(56-60)35(45)46)21-13-22(21)40(34,47)48/h4-9,11-12,14,21-22,25,35H,10,13,15H2,1-3H3,(H,52,62)(H,57,58)/t21-,22+,25-/m0/s1. The smallest absolute Gasteiger partial charge is 0.433 e. The first-order valence-corrected chi connectivity index (χ1v) is 21.9. The van der Waals surface area contributed by atoms with Gasteiger partial charge in [-0.1, -0.05) is 17.7 Å². The van der Waals surface area contributed by atoms with Crippen LogP contribution in [-0.4, -0.2) is 66.8 Å². The number of anilines is 1. The van der Waals surface area contributed by atoms with Crippen LogP contribution in [0.5, 0.6) is 5.88 Å². The number of hydrogen-bond acceptors (Lipinski definition) is 10. The van der Waals surface area contributed by atoms with Gasteiger partial charge in [0.1, 0.15) is 35.4 Å². The lowest BCUT2D eigenvalue weighted by molar-refractivity contribution is -0.141. The van der Waals surface area contributed by atoms with Crippen molar-refractivity contribution >= 4 is 55.2 Å². The van der Waals surface area contributed by atoms with Crippen LogP contribution in [0.1, 0.15) is 58.8 Å². The quantitative estimate of drug-likeness (QED) is 0.116. The van der Waals surface area contributed by atoms with Gasteiger partial charge in [-0.05, 0) is 54.3 Å². The number of carbonyl (C=O) groups excluding carboxylic acids is 1. The maximum absolute atomic E-state index is 15.6. The van der Waals surface area contributed by atoms with E-state index >= 15 is 13.6 Å². The van der Waals surface area contributed by atoms with Crippen LogP contribution in [0.25, 0.3) is 38.9 Å². The van der Waals surface area contributed by atoms with Gasteiger partial charge in [-0.25, -0.2) is 35.9 Å². The molecule has 4 aromatic heterocycles. The molecule has 0 saturated heterocycles. The number of alkyl halides is 7. The molecule has 0 spiro atoms. The Balaban J connectivity index is 1.27. The fourth-order valence-corrected chi connectivity index (χ4v) is 9.26. The third-order valence-electron chi connectivity index (χ3n) is 11.3. The van der Waals surface area contributed by atoms with E-state index in [9.17, 15) is 43.9 Å². The Morgan fingerprint density at radius 1 is 1.01 bits per heavy atom. The van der Waals surface area contributed by atoms with Gasteiger partial charge in [0, 0.05) is 42.6 Å². The molecule has 9 rings (SSSR count). The number of aromatic nitrogens is 8. The van der Waals surface area contributed by atoms with Gasteiger partial charge in [0.25, 0.3) is 17.9 Å². The lowest BCUT2D eigenvalue weighted by Crippen LogP contribution is -2.38. The molecule has 3 aromatic carbocycles. The zero-order chi connectivity index (χ0) is 48.2. The molecule has 0 bridgehead atoms. The zero-order valence-electron chi connectivity index (χ0n) is 34.4. The molecular formula is C41H30ClF9N10O5S. The second kappa shape index (κ2) is 16.0. The van der Waals surface area contributed by atoms with Crippen molar-refractivity contribution in [2.75, 3.05) is 18.1 Å². The number of carbonyl (C=O) groups is 1. The summed E-state index contributed by atoms with van der Waals surface area (Å²) in [6, 6.07) is 7.28. The highest BCUT2D eigenvalue weighted by molar-refractivity contribution is 7.92. The number of halogens is 10. The van der Waals surface area contributed by atoms with Gasteiger partial charge in [0.05, 0.1) is 51.9 Å². The Labute approximate surface area is 375 Å². The van der Waals surface area contributed by atoms with Crippen molar-refractivity contribution in [2.45, 2.75) is 49.9 Å². The number of fused-ring (bicyclic) bond motifs is 5. The lowest BCUT2D eigenvalue weighted by Gasteiger charge is -2.24. The minimum Gasteiger partial charge on any atom is -0.481 e. The maximum atomic E-state index is 15.6. The Kier molecular flexibility index (Phi) is 10.8. The van der Waals surface area contributed by atoms with Crippen molar-refractivity contribution in [2.24, 2.45) is 13.0 Å². The van der Waals surface area contributed by atoms with E-state index in [1.165, 1.54) is 31.3 Å². The van der Waals surface area contributed by atoms with E-state index in [4.69, 9.17) is 21.3 Å². The molecule has 67 heavy (non-hydrogen) atoms. The molecule has 7 aromatic rings. The number of amides is 1. The summed E-state index contributed by atoms with van der Waals surface area (Å²) in [7, 11) is -1.55. The van der Waals surface area contributed by atoms with Crippen molar-refractivity contribution in [1.29, 1.82) is 0 Å². The predicted molar refractivity (Wildman–Crippen MR) is 221 cm³/mol. The highest BCUT2D eigenvalue weighted by Gasteiger charge is 2.67. The zero-order valence-corrected chi connectivity index (χ0v) is 36.0. The summed E-state index contributed by atoms with van der Waals surface area (Å²) in [6.07, 6.45) is -8.07. The van der Waals surface area contributed by atoms with E-state index in [0.717, 1.165) is 40.8 Å². The van der Waals surface area contributed by atoms with E-state index in [1.54, 1.807) is 0 Å². The molecule has 26 heteroatoms. The number of benzene rings is 3. The third kappa shape index (κ3) is 8.16. The molecule has 2 aliphatic rings. The van der Waals surface area contributed by atoms with Crippen molar-refractivity contribution in [3.8, 4) is 23.0 Å². The Hall–Kier alpha value is -6.76. The molecule has 2 N–H and O–H groups in total. The molecule has 1 saturated carbocycles. The molecule has 1 amide bonds. The van der Waals surface area contributed by atoms with Crippen LogP contribution in [-0.2, 0) is 46.9 Å². The van der Waals surface area contributed by atoms with E-state index in [1.807, 2.05) is 0 Å². The average Bonchev–Trinajstić information content (AvgIpc) is 3.78. The molecule has 0 aliphatic heterocycles. The van der Waals surface area contributed by atoms with Crippen LogP contribution < -0.4 is 20.3 Å². The summed E-state index contributed by atoms with van der Waals surface area (Å²) in [4.78, 5) is 41.6. The minimum absolute atomic E-state index is 0.0152. The molecule has 15 nitrogen and oxygen atoms in total. The van der Waals surface area contributed by atoms with E-state index in [0.29, 0.717) is 16.8 Å². The summed E-state index contributed by atoms with van der Waals surface area (Å²) in [5, 5.41) is 10.2. The molecule has 0 radical (unpaired) electrons. The normalized spacial score (nSPS) is 16.9. The van der Waals surface area contributed by atoms with Crippen LogP contribution in [0.15, 0.2) is 59.4 Å². The summed E-state index contributed by atoms with van der Waals surface area (Å²) >= 11 is 6.59. The van der Waals surface area contributed by atoms with E-state index in [-0.39, 0.29) is 61.4 Å². The molecule has 350 valence electrons. The predicted octanol–water partition coefficient (Wildman–Crippen LogP) is 7.50. The first-order valence-electron chi connectivity index (χ1n) is 19.7. The number of nitrogens with zero attached hydrogens (tertiary/aromatic N) is 8. The van der Waals surface area contributed by atoms with Crippen molar-refractivity contribution in [3.63, 3.8) is 0 Å². The Bertz CT molecular complexity index is 3380. The second-order valence-corrected chi connectivity index (χ2v) is 18.0. The van der Waals surface area contributed by atoms with Crippen LogP contribution in [0, 0.1) is 17.6 Å². The SMILES string of the molecule is COc1cc(C(F)(F)F)nc(-c2ccc3c(=O)n(-c4ccc(Cl)c5c(NS(C)(=O)=O)nn(C)c45)c([C@H](Cc4cc(F)cc(F)c4)NC(=O)Cn4nc(C(F)F)c5c4C(F)(F)[C@@H]4C[C@H]54)nc3c2)n1. The van der Waals surface area contributed by atoms with E-state index < -0.39 is 117 Å². The number of rotatable bonds is 12. The largest absolute Gasteiger partial charge is 0.481 e. The Morgan fingerprint density at radius 2 is 1.73 bits per heavy atom. The summed E-state index contributed by atoms with van der Waals surface area (Å²) in [6.45, 7) is -1.10. The fourth-order valence-electron chi connectivity index (χ4n) is 8.52. The summed E-state index contributed by atoms with van der Waals surface area (Å²) in [5.74, 6) is -10.9. The van der Waals surface area contributed by atoms with E-state index in [2.05, 4.69) is 30.2 Å². The van der Waals surface area contributed by atoms with Gasteiger partial charge < -0.3 is 10.1 Å². The van der Waals surface area contributed by atoms with Gasteiger partial charge >= 0.3 is 6.18 Å². The lowest BCUT2D eigenvalue weighted by atomic mass is 10.0. The van der Waals surface area contributed by atoms with Crippen molar-refractivity contribution in [3.05, 3.63) is 116 Å². The average molecular weight is 981 g/mol. The van der Waals surface area contributed by atoms with Crippen molar-refractivity contribution < 1.29 is 57.5 Å². The topological polar surface area (TPSA) is 181 Å². The molecule has 3 atom stereocenters. The number of methoxy groups -OCH3 is 1. The van der Waals surface area contributed by atoms with Gasteiger partial charge in [-0.2, -0.15) is 37.1 Å². The third-order valence-corrected chi connectivity index (χ3v) is 12.1. The highest BCUT2D eigenvalue weighted by Crippen LogP contribution is 2.68. The number of sulfonamides is 1. The van der Waals surface area contributed by atoms with Crippen molar-refractivity contribution in [1.82, 2.24) is 44.4 Å². The number of ether oxygens (including phenoxy) is 1. The maximum Gasteiger partial charge on any atom is 0.433 e. The molecule has 0 unspecified atom stereocenters. The molecule has 2 aliphatic carbocycles. The number of nitrogens with one attached hydrogen (secondary N) is 2. The first-order chi connectivity index (χ1) is 31.4. The Morgan fingerprint density at radius 3 is 2.39 bits per heavy atom. The van der Waals surface area contributed by atoms with Crippen LogP contribution in [0.3, 0.4) is 0 Å². The van der Waals surface area contributed by atoms with Crippen LogP contribution in [0.4, 0.5) is 45.3 Å².